The quantitative estimate of drug-likeness (QED) is 0.139. The summed E-state index contributed by atoms with van der Waals surface area (Å²) in [5.74, 6) is -1.81. The predicted molar refractivity (Wildman–Crippen MR) is 153 cm³/mol. The van der Waals surface area contributed by atoms with E-state index in [0.717, 1.165) is 17.6 Å². The lowest BCUT2D eigenvalue weighted by Gasteiger charge is -2.18. The van der Waals surface area contributed by atoms with Gasteiger partial charge in [-0.15, -0.1) is 12.4 Å². The van der Waals surface area contributed by atoms with E-state index < -0.39 is 31.7 Å². The molecule has 4 aromatic rings. The van der Waals surface area contributed by atoms with Crippen LogP contribution >= 0.6 is 12.4 Å². The fourth-order valence-corrected chi connectivity index (χ4v) is 4.93. The van der Waals surface area contributed by atoms with Crippen molar-refractivity contribution >= 4 is 37.5 Å². The molecule has 0 amide bonds. The second-order valence-corrected chi connectivity index (χ2v) is 16.1. The number of halogens is 3. The molecule has 1 atom stereocenters. The molecule has 0 fully saturated rings. The number of carbonyl (C=O) groups excluding carboxylic acids is 1. The Morgan fingerprint density at radius 3 is 2.49 bits per heavy atom. The molecule has 0 aliphatic rings. The summed E-state index contributed by atoms with van der Waals surface area (Å²) >= 11 is 0. The summed E-state index contributed by atoms with van der Waals surface area (Å²) in [7, 11) is 0.0931. The summed E-state index contributed by atoms with van der Waals surface area (Å²) in [6.07, 6.45) is 1.80. The van der Waals surface area contributed by atoms with Crippen molar-refractivity contribution in [1.29, 1.82) is 0 Å². The lowest BCUT2D eigenvalue weighted by atomic mass is 9.94. The van der Waals surface area contributed by atoms with Gasteiger partial charge in [0.1, 0.15) is 23.9 Å². The minimum absolute atomic E-state index is 0. The molecule has 39 heavy (non-hydrogen) atoms. The van der Waals surface area contributed by atoms with Crippen molar-refractivity contribution in [3.05, 3.63) is 83.2 Å². The fraction of sp³-hybridized carbons (Fsp3) is 0.321. The molecule has 2 aromatic heterocycles. The minimum Gasteiger partial charge on any atom is -0.465 e. The zero-order chi connectivity index (χ0) is 27.4. The van der Waals surface area contributed by atoms with Gasteiger partial charge in [-0.3, -0.25) is 0 Å². The molecule has 11 heteroatoms. The number of hydrogen-bond acceptors (Lipinski definition) is 6. The smallest absolute Gasteiger partial charge is 0.337 e. The molecule has 0 saturated carbocycles. The largest absolute Gasteiger partial charge is 0.465 e. The van der Waals surface area contributed by atoms with Crippen LogP contribution in [0.25, 0.3) is 22.2 Å². The van der Waals surface area contributed by atoms with Gasteiger partial charge in [-0.05, 0) is 53.9 Å². The molecule has 0 bridgehead atoms. The highest BCUT2D eigenvalue weighted by atomic mass is 35.5. The van der Waals surface area contributed by atoms with E-state index in [-0.39, 0.29) is 25.6 Å². The number of hydrogen-bond donors (Lipinski definition) is 1. The van der Waals surface area contributed by atoms with Gasteiger partial charge in [-0.2, -0.15) is 5.10 Å². The van der Waals surface area contributed by atoms with Crippen molar-refractivity contribution in [2.75, 3.05) is 13.7 Å². The Hall–Kier alpha value is -3.18. The predicted octanol–water partition coefficient (Wildman–Crippen LogP) is 6.14. The first kappa shape index (κ1) is 30.4. The number of esters is 1. The van der Waals surface area contributed by atoms with Crippen molar-refractivity contribution in [3.63, 3.8) is 0 Å². The number of benzene rings is 2. The van der Waals surface area contributed by atoms with Gasteiger partial charge in [0.05, 0.1) is 36.1 Å². The molecular weight excluding hydrogens is 542 g/mol. The molecule has 2 heterocycles. The van der Waals surface area contributed by atoms with E-state index in [1.165, 1.54) is 19.2 Å². The van der Waals surface area contributed by atoms with Crippen molar-refractivity contribution in [2.45, 2.75) is 44.9 Å². The standard InChI is InChI=1S/C28H32F2N4O3Si.ClH/c1-36-28(35)20-7-5-6-19(13-20)23-15-26-25(16-32-34(26)17-37-8-9-38(2,3)4)33-27(23)24(31)12-18-10-21(29)14-22(30)11-18;/h5-7,10-11,13-16,24H,8-9,12,17,31H2,1-4H3;1H/t24-;/m0./s1. The Morgan fingerprint density at radius 1 is 1.10 bits per heavy atom. The van der Waals surface area contributed by atoms with E-state index >= 15 is 0 Å². The molecule has 0 unspecified atom stereocenters. The first-order chi connectivity index (χ1) is 18.0. The van der Waals surface area contributed by atoms with Crippen LogP contribution in [0.1, 0.15) is 27.7 Å². The fourth-order valence-electron chi connectivity index (χ4n) is 4.18. The number of pyridine rings is 1. The average molecular weight is 575 g/mol. The third-order valence-electron chi connectivity index (χ3n) is 6.19. The second kappa shape index (κ2) is 12.8. The first-order valence-corrected chi connectivity index (χ1v) is 16.1. The zero-order valence-corrected chi connectivity index (χ0v) is 24.2. The van der Waals surface area contributed by atoms with Crippen LogP contribution in [0.3, 0.4) is 0 Å². The van der Waals surface area contributed by atoms with Crippen LogP contribution in [0.15, 0.2) is 54.7 Å². The third-order valence-corrected chi connectivity index (χ3v) is 7.90. The van der Waals surface area contributed by atoms with E-state index in [2.05, 4.69) is 24.7 Å². The molecule has 2 aromatic carbocycles. The number of fused-ring (bicyclic) bond motifs is 1. The second-order valence-electron chi connectivity index (χ2n) is 10.5. The highest BCUT2D eigenvalue weighted by Gasteiger charge is 2.20. The maximum absolute atomic E-state index is 13.8. The van der Waals surface area contributed by atoms with Crippen LogP contribution in [0.5, 0.6) is 0 Å². The van der Waals surface area contributed by atoms with Crippen LogP contribution < -0.4 is 5.73 Å². The number of methoxy groups -OCH3 is 1. The maximum Gasteiger partial charge on any atom is 0.337 e. The van der Waals surface area contributed by atoms with Gasteiger partial charge in [-0.1, -0.05) is 31.8 Å². The van der Waals surface area contributed by atoms with Crippen molar-refractivity contribution < 1.29 is 23.0 Å². The molecular formula is C28H33ClF2N4O3Si. The van der Waals surface area contributed by atoms with E-state index in [1.807, 2.05) is 12.1 Å². The molecule has 0 radical (unpaired) electrons. The monoisotopic (exact) mass is 574 g/mol. The van der Waals surface area contributed by atoms with Crippen LogP contribution in [0.2, 0.25) is 25.7 Å². The minimum atomic E-state index is -1.23. The van der Waals surface area contributed by atoms with Crippen LogP contribution in [0, 0.1) is 11.6 Å². The number of nitrogens with zero attached hydrogens (tertiary/aromatic N) is 3. The van der Waals surface area contributed by atoms with Crippen LogP contribution in [0.4, 0.5) is 8.78 Å². The van der Waals surface area contributed by atoms with Gasteiger partial charge in [0, 0.05) is 26.3 Å². The molecule has 0 saturated heterocycles. The summed E-state index contributed by atoms with van der Waals surface area (Å²) in [5, 5.41) is 4.46. The SMILES string of the molecule is COC(=O)c1cccc(-c2cc3c(cnn3COCC[Si](C)(C)C)nc2[C@@H](N)Cc2cc(F)cc(F)c2)c1.Cl. The van der Waals surface area contributed by atoms with Gasteiger partial charge >= 0.3 is 5.97 Å². The molecule has 0 spiro atoms. The Morgan fingerprint density at radius 2 is 1.82 bits per heavy atom. The van der Waals surface area contributed by atoms with Gasteiger partial charge < -0.3 is 15.2 Å². The van der Waals surface area contributed by atoms with Crippen molar-refractivity contribution in [2.24, 2.45) is 5.73 Å². The molecule has 2 N–H and O–H groups in total. The number of carbonyl (C=O) groups is 1. The summed E-state index contributed by atoms with van der Waals surface area (Å²) in [6, 6.07) is 12.6. The van der Waals surface area contributed by atoms with Crippen LogP contribution in [-0.2, 0) is 22.6 Å². The van der Waals surface area contributed by atoms with E-state index in [1.54, 1.807) is 29.1 Å². The number of rotatable bonds is 10. The molecule has 7 nitrogen and oxygen atoms in total. The summed E-state index contributed by atoms with van der Waals surface area (Å²) < 4.78 is 40.2. The Bertz CT molecular complexity index is 1440. The van der Waals surface area contributed by atoms with Crippen LogP contribution in [-0.4, -0.2) is 42.5 Å². The number of ether oxygens (including phenoxy) is 2. The van der Waals surface area contributed by atoms with E-state index in [9.17, 15) is 13.6 Å². The van der Waals surface area contributed by atoms with Gasteiger partial charge in [0.25, 0.3) is 0 Å². The molecule has 4 rings (SSSR count). The summed E-state index contributed by atoms with van der Waals surface area (Å²) in [4.78, 5) is 17.0. The topological polar surface area (TPSA) is 92.3 Å². The van der Waals surface area contributed by atoms with Gasteiger partial charge in [-0.25, -0.2) is 23.2 Å². The van der Waals surface area contributed by atoms with Gasteiger partial charge in [0.2, 0.25) is 0 Å². The van der Waals surface area contributed by atoms with Gasteiger partial charge in [0.15, 0.2) is 0 Å². The first-order valence-electron chi connectivity index (χ1n) is 12.4. The Kier molecular flexibility index (Phi) is 9.95. The summed E-state index contributed by atoms with van der Waals surface area (Å²) in [6.45, 7) is 7.79. The lowest BCUT2D eigenvalue weighted by Crippen LogP contribution is -2.22. The van der Waals surface area contributed by atoms with E-state index in [4.69, 9.17) is 20.2 Å². The average Bonchev–Trinajstić information content (AvgIpc) is 3.26. The lowest BCUT2D eigenvalue weighted by molar-refractivity contribution is 0.0600. The third kappa shape index (κ3) is 7.69. The molecule has 0 aliphatic carbocycles. The number of aromatic nitrogens is 3. The van der Waals surface area contributed by atoms with Crippen molar-refractivity contribution in [3.8, 4) is 11.1 Å². The zero-order valence-electron chi connectivity index (χ0n) is 22.4. The number of nitrogens with two attached hydrogens (primary N) is 1. The highest BCUT2D eigenvalue weighted by Crippen LogP contribution is 2.32. The highest BCUT2D eigenvalue weighted by molar-refractivity contribution is 6.76. The maximum atomic E-state index is 13.8. The summed E-state index contributed by atoms with van der Waals surface area (Å²) in [5.41, 5.74) is 10.6. The Labute approximate surface area is 233 Å². The molecule has 208 valence electrons. The van der Waals surface area contributed by atoms with Crippen molar-refractivity contribution in [1.82, 2.24) is 14.8 Å². The normalized spacial score (nSPS) is 12.3. The molecule has 0 aliphatic heterocycles. The Balaban J connectivity index is 0.00000420. The van der Waals surface area contributed by atoms with E-state index in [0.29, 0.717) is 40.1 Å².